The molecule has 1 aromatic rings. The van der Waals surface area contributed by atoms with Gasteiger partial charge < -0.3 is 4.74 Å². The minimum absolute atomic E-state index is 0.103. The molecule has 0 heterocycles. The molecule has 1 rings (SSSR count). The van der Waals surface area contributed by atoms with Crippen LogP contribution in [0.3, 0.4) is 0 Å². The average Bonchev–Trinajstić information content (AvgIpc) is 2.43. The Morgan fingerprint density at radius 2 is 1.84 bits per heavy atom. The highest BCUT2D eigenvalue weighted by Gasteiger charge is 2.06. The van der Waals surface area contributed by atoms with Crippen LogP contribution in [0.25, 0.3) is 6.08 Å². The molecule has 0 atom stereocenters. The number of ether oxygens (including phenoxy) is 1. The molecule has 0 radical (unpaired) electrons. The summed E-state index contributed by atoms with van der Waals surface area (Å²) in [6, 6.07) is 9.95. The number of hydrogen-bond acceptors (Lipinski definition) is 3. The topological polar surface area (TPSA) is 43.4 Å². The van der Waals surface area contributed by atoms with Crippen LogP contribution in [0.5, 0.6) is 0 Å². The Kier molecular flexibility index (Phi) is 7.25. The molecule has 3 heteroatoms. The fourth-order valence-electron chi connectivity index (χ4n) is 1.63. The summed E-state index contributed by atoms with van der Waals surface area (Å²) in [6.07, 6.45) is 5.63. The van der Waals surface area contributed by atoms with Gasteiger partial charge in [0.15, 0.2) is 0 Å². The zero-order chi connectivity index (χ0) is 13.9. The fraction of sp³-hybridized carbons (Fsp3) is 0.375. The third-order valence-electron chi connectivity index (χ3n) is 2.61. The number of allylic oxidation sites excluding steroid dienone is 1. The lowest BCUT2D eigenvalue weighted by molar-refractivity contribution is -0.144. The minimum Gasteiger partial charge on any atom is -0.466 e. The smallest absolute Gasteiger partial charge is 0.306 e. The molecule has 0 aliphatic carbocycles. The van der Waals surface area contributed by atoms with Crippen molar-refractivity contribution in [3.8, 4) is 0 Å². The molecule has 0 aromatic heterocycles. The number of carbonyl (C=O) groups is 2. The van der Waals surface area contributed by atoms with Gasteiger partial charge in [0.05, 0.1) is 13.0 Å². The van der Waals surface area contributed by atoms with Crippen molar-refractivity contribution < 1.29 is 14.3 Å². The average molecular weight is 260 g/mol. The minimum atomic E-state index is -0.296. The number of Topliss-reactive ketones (excluding diaryl/α,β-unsaturated/α-hetero) is 1. The van der Waals surface area contributed by atoms with Crippen molar-refractivity contribution in [3.05, 3.63) is 42.0 Å². The van der Waals surface area contributed by atoms with Gasteiger partial charge in [0.25, 0.3) is 0 Å². The van der Waals surface area contributed by atoms with Crippen LogP contribution in [0.4, 0.5) is 0 Å². The van der Waals surface area contributed by atoms with E-state index in [1.54, 1.807) is 6.92 Å². The molecule has 0 saturated carbocycles. The van der Waals surface area contributed by atoms with E-state index < -0.39 is 0 Å². The van der Waals surface area contributed by atoms with Gasteiger partial charge in [-0.15, -0.1) is 0 Å². The highest BCUT2D eigenvalue weighted by Crippen LogP contribution is 2.05. The zero-order valence-electron chi connectivity index (χ0n) is 11.3. The van der Waals surface area contributed by atoms with Crippen LogP contribution < -0.4 is 0 Å². The molecule has 0 N–H and O–H groups in total. The lowest BCUT2D eigenvalue weighted by Crippen LogP contribution is -2.07. The van der Waals surface area contributed by atoms with E-state index in [4.69, 9.17) is 4.74 Å². The van der Waals surface area contributed by atoms with Crippen LogP contribution in [0.1, 0.15) is 38.2 Å². The van der Waals surface area contributed by atoms with E-state index in [9.17, 15) is 9.59 Å². The van der Waals surface area contributed by atoms with Crippen molar-refractivity contribution in [1.29, 1.82) is 0 Å². The number of esters is 1. The van der Waals surface area contributed by atoms with Gasteiger partial charge in [0.2, 0.25) is 0 Å². The molecule has 3 nitrogen and oxygen atoms in total. The van der Waals surface area contributed by atoms with Gasteiger partial charge in [-0.25, -0.2) is 0 Å². The van der Waals surface area contributed by atoms with Crippen LogP contribution in [-0.2, 0) is 14.3 Å². The molecule has 0 spiro atoms. The van der Waals surface area contributed by atoms with E-state index in [0.29, 0.717) is 19.4 Å². The molecule has 0 aliphatic rings. The van der Waals surface area contributed by atoms with Gasteiger partial charge in [-0.3, -0.25) is 9.59 Å². The van der Waals surface area contributed by atoms with Crippen molar-refractivity contribution in [2.24, 2.45) is 0 Å². The van der Waals surface area contributed by atoms with Crippen LogP contribution >= 0.6 is 0 Å². The summed E-state index contributed by atoms with van der Waals surface area (Å²) >= 11 is 0. The molecule has 0 bridgehead atoms. The normalized spacial score (nSPS) is 10.6. The van der Waals surface area contributed by atoms with Gasteiger partial charge in [0, 0.05) is 12.8 Å². The Hall–Kier alpha value is -1.90. The third-order valence-corrected chi connectivity index (χ3v) is 2.61. The second-order valence-electron chi connectivity index (χ2n) is 4.20. The number of benzene rings is 1. The predicted molar refractivity (Wildman–Crippen MR) is 75.6 cm³/mol. The van der Waals surface area contributed by atoms with Gasteiger partial charge in [-0.1, -0.05) is 42.5 Å². The first-order valence-corrected chi connectivity index (χ1v) is 6.61. The Labute approximate surface area is 114 Å². The van der Waals surface area contributed by atoms with E-state index >= 15 is 0 Å². The summed E-state index contributed by atoms with van der Waals surface area (Å²) < 4.78 is 4.77. The predicted octanol–water partition coefficient (Wildman–Crippen LogP) is 3.39. The molecule has 0 amide bonds. The first-order valence-electron chi connectivity index (χ1n) is 6.61. The van der Waals surface area contributed by atoms with Gasteiger partial charge in [-0.2, -0.15) is 0 Å². The number of hydrogen-bond donors (Lipinski definition) is 0. The Morgan fingerprint density at radius 3 is 2.53 bits per heavy atom. The quantitative estimate of drug-likeness (QED) is 0.673. The van der Waals surface area contributed by atoms with E-state index in [2.05, 4.69) is 0 Å². The fourth-order valence-corrected chi connectivity index (χ4v) is 1.63. The summed E-state index contributed by atoms with van der Waals surface area (Å²) in [6.45, 7) is 2.13. The maximum atomic E-state index is 11.5. The van der Waals surface area contributed by atoms with Crippen LogP contribution in [0.2, 0.25) is 0 Å². The maximum Gasteiger partial charge on any atom is 0.306 e. The van der Waals surface area contributed by atoms with Crippen molar-refractivity contribution in [2.45, 2.75) is 32.6 Å². The summed E-state index contributed by atoms with van der Waals surface area (Å²) in [4.78, 5) is 22.6. The van der Waals surface area contributed by atoms with Crippen molar-refractivity contribution in [3.63, 3.8) is 0 Å². The molecule has 0 fully saturated rings. The number of carbonyl (C=O) groups excluding carboxylic acids is 2. The second-order valence-corrected chi connectivity index (χ2v) is 4.20. The second kappa shape index (κ2) is 9.09. The number of rotatable bonds is 8. The van der Waals surface area contributed by atoms with Crippen LogP contribution in [0, 0.1) is 0 Å². The molecular formula is C16H20O3. The zero-order valence-corrected chi connectivity index (χ0v) is 11.3. The maximum absolute atomic E-state index is 11.5. The molecule has 19 heavy (non-hydrogen) atoms. The summed E-state index contributed by atoms with van der Waals surface area (Å²) in [7, 11) is 0. The molecule has 1 aromatic carbocycles. The van der Waals surface area contributed by atoms with Crippen molar-refractivity contribution >= 4 is 17.8 Å². The Balaban J connectivity index is 2.17. The molecule has 0 aliphatic heterocycles. The van der Waals surface area contributed by atoms with Crippen LogP contribution in [0.15, 0.2) is 36.4 Å². The van der Waals surface area contributed by atoms with E-state index in [1.165, 1.54) is 0 Å². The van der Waals surface area contributed by atoms with E-state index in [0.717, 1.165) is 5.56 Å². The number of ketones is 1. The third kappa shape index (κ3) is 7.19. The summed E-state index contributed by atoms with van der Waals surface area (Å²) in [5, 5.41) is 0. The largest absolute Gasteiger partial charge is 0.466 e. The highest BCUT2D eigenvalue weighted by atomic mass is 16.5. The summed E-state index contributed by atoms with van der Waals surface area (Å²) in [5.41, 5.74) is 1.13. The molecular weight excluding hydrogens is 240 g/mol. The Morgan fingerprint density at radius 1 is 1.11 bits per heavy atom. The van der Waals surface area contributed by atoms with Gasteiger partial charge >= 0.3 is 5.97 Å². The monoisotopic (exact) mass is 260 g/mol. The van der Waals surface area contributed by atoms with Gasteiger partial charge in [0.1, 0.15) is 5.78 Å². The molecule has 0 saturated heterocycles. The van der Waals surface area contributed by atoms with Crippen molar-refractivity contribution in [1.82, 2.24) is 0 Å². The van der Waals surface area contributed by atoms with Crippen molar-refractivity contribution in [2.75, 3.05) is 6.61 Å². The van der Waals surface area contributed by atoms with Crippen LogP contribution in [-0.4, -0.2) is 18.4 Å². The lowest BCUT2D eigenvalue weighted by atomic mass is 10.1. The Bertz CT molecular complexity index is 421. The van der Waals surface area contributed by atoms with E-state index in [1.807, 2.05) is 42.5 Å². The first-order chi connectivity index (χ1) is 9.22. The highest BCUT2D eigenvalue weighted by molar-refractivity contribution is 5.83. The summed E-state index contributed by atoms with van der Waals surface area (Å²) in [5.74, 6) is -0.193. The lowest BCUT2D eigenvalue weighted by Gasteiger charge is -2.00. The molecule has 102 valence electrons. The first kappa shape index (κ1) is 15.2. The SMILES string of the molecule is CCOC(=O)CCC(=O)CC/C=C/c1ccccc1. The standard InChI is InChI=1S/C16H20O3/c1-2-19-16(18)13-12-15(17)11-7-6-10-14-8-4-3-5-9-14/h3-6,8-10H,2,7,11-13H2,1H3/b10-6+. The van der Waals surface area contributed by atoms with E-state index in [-0.39, 0.29) is 24.6 Å². The van der Waals surface area contributed by atoms with Gasteiger partial charge in [-0.05, 0) is 18.9 Å². The molecule has 0 unspecified atom stereocenters.